The van der Waals surface area contributed by atoms with Gasteiger partial charge < -0.3 is 0 Å². The van der Waals surface area contributed by atoms with E-state index in [-0.39, 0.29) is 10.3 Å². The molecule has 2 aromatic heterocycles. The molecule has 0 N–H and O–H groups in total. The SMILES string of the molecule is Cc1cc(C)cc(-c2nccc3c(C(F)(F)F)c(-c4ccc(C5CCCCC5)cc4)sc23)c1. The average Bonchev–Trinajstić information content (AvgIpc) is 3.19. The van der Waals surface area contributed by atoms with Crippen LogP contribution in [0.3, 0.4) is 0 Å². The maximum absolute atomic E-state index is 14.3. The highest BCUT2D eigenvalue weighted by molar-refractivity contribution is 7.23. The topological polar surface area (TPSA) is 12.9 Å². The number of aryl methyl sites for hydroxylation is 2. The fraction of sp³-hybridized carbons (Fsp3) is 0.321. The molecule has 1 saturated carbocycles. The van der Waals surface area contributed by atoms with Gasteiger partial charge in [-0.1, -0.05) is 60.7 Å². The maximum atomic E-state index is 14.3. The molecule has 5 rings (SSSR count). The summed E-state index contributed by atoms with van der Waals surface area (Å²) in [5, 5.41) is 0.225. The van der Waals surface area contributed by atoms with Gasteiger partial charge in [0.05, 0.1) is 16.0 Å². The zero-order valence-corrected chi connectivity index (χ0v) is 19.6. The molecule has 1 aliphatic carbocycles. The van der Waals surface area contributed by atoms with Gasteiger partial charge in [0.1, 0.15) is 0 Å². The Kier molecular flexibility index (Phi) is 5.77. The molecule has 0 spiro atoms. The Bertz CT molecular complexity index is 1280. The van der Waals surface area contributed by atoms with Gasteiger partial charge in [-0.25, -0.2) is 0 Å². The Balaban J connectivity index is 1.66. The van der Waals surface area contributed by atoms with Crippen LogP contribution in [-0.4, -0.2) is 4.98 Å². The summed E-state index contributed by atoms with van der Waals surface area (Å²) in [6.45, 7) is 3.98. The number of hydrogen-bond acceptors (Lipinski definition) is 2. The Morgan fingerprint density at radius 3 is 2.15 bits per heavy atom. The van der Waals surface area contributed by atoms with Crippen molar-refractivity contribution in [3.05, 3.63) is 77.0 Å². The van der Waals surface area contributed by atoms with Crippen LogP contribution in [0.1, 0.15) is 60.3 Å². The molecule has 1 aliphatic rings. The van der Waals surface area contributed by atoms with Gasteiger partial charge in [-0.2, -0.15) is 13.2 Å². The Labute approximate surface area is 196 Å². The summed E-state index contributed by atoms with van der Waals surface area (Å²) >= 11 is 1.20. The van der Waals surface area contributed by atoms with Crippen LogP contribution in [-0.2, 0) is 6.18 Å². The third kappa shape index (κ3) is 4.31. The molecule has 2 aromatic carbocycles. The number of rotatable bonds is 3. The van der Waals surface area contributed by atoms with E-state index >= 15 is 0 Å². The summed E-state index contributed by atoms with van der Waals surface area (Å²) in [6.07, 6.45) is 3.12. The molecule has 0 amide bonds. The molecule has 0 unspecified atom stereocenters. The second kappa shape index (κ2) is 8.60. The first-order valence-electron chi connectivity index (χ1n) is 11.5. The molecule has 0 atom stereocenters. The minimum Gasteiger partial charge on any atom is -0.255 e. The van der Waals surface area contributed by atoms with E-state index in [0.29, 0.717) is 21.9 Å². The van der Waals surface area contributed by atoms with Crippen LogP contribution in [0.25, 0.3) is 31.8 Å². The number of alkyl halides is 3. The van der Waals surface area contributed by atoms with E-state index in [1.165, 1.54) is 61.3 Å². The molecular formula is C28H26F3NS. The average molecular weight is 466 g/mol. The summed E-state index contributed by atoms with van der Waals surface area (Å²) in [7, 11) is 0. The number of hydrogen-bond donors (Lipinski definition) is 0. The van der Waals surface area contributed by atoms with E-state index in [2.05, 4.69) is 11.1 Å². The highest BCUT2D eigenvalue weighted by atomic mass is 32.1. The van der Waals surface area contributed by atoms with E-state index in [1.54, 1.807) is 0 Å². The van der Waals surface area contributed by atoms with Crippen molar-refractivity contribution in [2.24, 2.45) is 0 Å². The van der Waals surface area contributed by atoms with Crippen molar-refractivity contribution in [1.82, 2.24) is 4.98 Å². The molecule has 33 heavy (non-hydrogen) atoms. The van der Waals surface area contributed by atoms with Gasteiger partial charge >= 0.3 is 6.18 Å². The van der Waals surface area contributed by atoms with Crippen LogP contribution >= 0.6 is 11.3 Å². The fourth-order valence-corrected chi connectivity index (χ4v) is 6.50. The van der Waals surface area contributed by atoms with E-state index < -0.39 is 11.7 Å². The molecule has 0 bridgehead atoms. The smallest absolute Gasteiger partial charge is 0.255 e. The van der Waals surface area contributed by atoms with Crippen molar-refractivity contribution in [2.45, 2.75) is 58.0 Å². The van der Waals surface area contributed by atoms with Gasteiger partial charge in [-0.05, 0) is 61.9 Å². The van der Waals surface area contributed by atoms with Crippen LogP contribution < -0.4 is 0 Å². The molecule has 1 nitrogen and oxygen atoms in total. The normalized spacial score (nSPS) is 15.3. The summed E-state index contributed by atoms with van der Waals surface area (Å²) < 4.78 is 43.5. The lowest BCUT2D eigenvalue weighted by molar-refractivity contribution is -0.135. The first-order chi connectivity index (χ1) is 15.8. The van der Waals surface area contributed by atoms with Crippen LogP contribution in [0.4, 0.5) is 13.2 Å². The lowest BCUT2D eigenvalue weighted by Gasteiger charge is -2.22. The molecule has 0 saturated heterocycles. The lowest BCUT2D eigenvalue weighted by Crippen LogP contribution is -2.06. The fourth-order valence-electron chi connectivity index (χ4n) is 5.17. The zero-order chi connectivity index (χ0) is 23.2. The van der Waals surface area contributed by atoms with Crippen molar-refractivity contribution < 1.29 is 13.2 Å². The summed E-state index contributed by atoms with van der Waals surface area (Å²) in [5.74, 6) is 0.526. The molecular weight excluding hydrogens is 439 g/mol. The van der Waals surface area contributed by atoms with Gasteiger partial charge in [-0.15, -0.1) is 11.3 Å². The predicted molar refractivity (Wildman–Crippen MR) is 131 cm³/mol. The maximum Gasteiger partial charge on any atom is 0.418 e. The molecule has 4 aromatic rings. The Morgan fingerprint density at radius 2 is 1.52 bits per heavy atom. The number of benzene rings is 2. The van der Waals surface area contributed by atoms with Crippen LogP contribution in [0.15, 0.2) is 54.7 Å². The number of pyridine rings is 1. The van der Waals surface area contributed by atoms with Gasteiger partial charge in [0, 0.05) is 22.0 Å². The third-order valence-corrected chi connectivity index (χ3v) is 7.89. The number of aromatic nitrogens is 1. The van der Waals surface area contributed by atoms with Crippen molar-refractivity contribution in [3.63, 3.8) is 0 Å². The van der Waals surface area contributed by atoms with E-state index in [9.17, 15) is 13.2 Å². The van der Waals surface area contributed by atoms with Gasteiger partial charge in [0.2, 0.25) is 0 Å². The highest BCUT2D eigenvalue weighted by Crippen LogP contribution is 2.49. The van der Waals surface area contributed by atoms with E-state index in [4.69, 9.17) is 0 Å². The summed E-state index contributed by atoms with van der Waals surface area (Å²) in [4.78, 5) is 4.78. The number of thiophene rings is 1. The quantitative estimate of drug-likeness (QED) is 0.294. The van der Waals surface area contributed by atoms with Crippen molar-refractivity contribution >= 4 is 21.4 Å². The molecule has 5 heteroatoms. The summed E-state index contributed by atoms with van der Waals surface area (Å²) in [5.41, 5.74) is 4.90. The van der Waals surface area contributed by atoms with Crippen molar-refractivity contribution in [1.29, 1.82) is 0 Å². The Morgan fingerprint density at radius 1 is 0.848 bits per heavy atom. The first kappa shape index (κ1) is 22.1. The second-order valence-corrected chi connectivity index (χ2v) is 10.2. The number of halogens is 3. The standard InChI is InChI=1S/C28H26F3NS/c1-17-14-18(2)16-22(15-17)25-27-23(12-13-32-25)24(28(29,30)31)26(33-27)21-10-8-20(9-11-21)19-6-4-3-5-7-19/h8-16,19H,3-7H2,1-2H3. The van der Waals surface area contributed by atoms with Gasteiger partial charge in [-0.3, -0.25) is 4.98 Å². The van der Waals surface area contributed by atoms with Crippen LogP contribution in [0, 0.1) is 13.8 Å². The zero-order valence-electron chi connectivity index (χ0n) is 18.8. The van der Waals surface area contributed by atoms with Crippen LogP contribution in [0.5, 0.6) is 0 Å². The molecule has 2 heterocycles. The molecule has 0 aliphatic heterocycles. The van der Waals surface area contributed by atoms with E-state index in [0.717, 1.165) is 16.7 Å². The largest absolute Gasteiger partial charge is 0.418 e. The molecule has 0 radical (unpaired) electrons. The van der Waals surface area contributed by atoms with Gasteiger partial charge in [0.15, 0.2) is 0 Å². The number of nitrogens with zero attached hydrogens (tertiary/aromatic N) is 1. The molecule has 1 fully saturated rings. The summed E-state index contributed by atoms with van der Waals surface area (Å²) in [6, 6.07) is 15.3. The van der Waals surface area contributed by atoms with Crippen molar-refractivity contribution in [3.8, 4) is 21.7 Å². The first-order valence-corrected chi connectivity index (χ1v) is 12.3. The third-order valence-electron chi connectivity index (χ3n) is 6.63. The highest BCUT2D eigenvalue weighted by Gasteiger charge is 2.38. The van der Waals surface area contributed by atoms with E-state index in [1.807, 2.05) is 50.2 Å². The minimum atomic E-state index is -4.45. The number of fused-ring (bicyclic) bond motifs is 1. The Hall–Kier alpha value is -2.66. The van der Waals surface area contributed by atoms with Crippen LogP contribution in [0.2, 0.25) is 0 Å². The monoisotopic (exact) mass is 465 g/mol. The minimum absolute atomic E-state index is 0.225. The molecule has 170 valence electrons. The van der Waals surface area contributed by atoms with Gasteiger partial charge in [0.25, 0.3) is 0 Å². The van der Waals surface area contributed by atoms with Crippen molar-refractivity contribution in [2.75, 3.05) is 0 Å². The lowest BCUT2D eigenvalue weighted by atomic mass is 9.84. The predicted octanol–water partition coefficient (Wildman–Crippen LogP) is 9.31. The second-order valence-electron chi connectivity index (χ2n) is 9.17.